The molecule has 0 atom stereocenters. The van der Waals surface area contributed by atoms with Gasteiger partial charge in [-0.25, -0.2) is 0 Å². The fraction of sp³-hybridized carbons (Fsp3) is 1.00. The monoisotopic (exact) mass is 160 g/mol. The van der Waals surface area contributed by atoms with Gasteiger partial charge in [0.15, 0.2) is 0 Å². The van der Waals surface area contributed by atoms with Crippen LogP contribution in [0.3, 0.4) is 0 Å². The molecule has 0 saturated carbocycles. The molecule has 0 N–H and O–H groups in total. The highest BCUT2D eigenvalue weighted by Crippen LogP contribution is 1.84. The summed E-state index contributed by atoms with van der Waals surface area (Å²) in [6.45, 7) is 6.39. The molecule has 0 unspecified atom stereocenters. The van der Waals surface area contributed by atoms with E-state index in [1.54, 1.807) is 0 Å². The maximum atomic E-state index is 2.21. The zero-order chi connectivity index (χ0) is 9.28. The highest BCUT2D eigenvalue weighted by Gasteiger charge is 1.90. The van der Waals surface area contributed by atoms with Gasteiger partial charge in [0.25, 0.3) is 0 Å². The molecular weight excluding hydrogens is 136 g/mol. The van der Waals surface area contributed by atoms with Crippen molar-refractivity contribution in [1.82, 2.24) is 9.80 Å². The number of hydrogen-bond donors (Lipinski definition) is 0. The van der Waals surface area contributed by atoms with Crippen LogP contribution in [0.5, 0.6) is 0 Å². The molecule has 0 spiro atoms. The number of rotatable bonds is 4. The lowest BCUT2D eigenvalue weighted by molar-refractivity contribution is 0.340. The Bertz CT molecular complexity index is 52.6. The van der Waals surface area contributed by atoms with E-state index in [9.17, 15) is 0 Å². The Hall–Kier alpha value is -0.0800. The zero-order valence-corrected chi connectivity index (χ0v) is 9.02. The van der Waals surface area contributed by atoms with E-state index in [4.69, 9.17) is 0 Å². The Balaban J connectivity index is 0. The summed E-state index contributed by atoms with van der Waals surface area (Å²) in [7, 11) is 8.43. The van der Waals surface area contributed by atoms with Crippen LogP contribution in [0.25, 0.3) is 0 Å². The largest absolute Gasteiger partial charge is 0.309 e. The maximum Gasteiger partial charge on any atom is -0.00126 e. The second kappa shape index (κ2) is 9.92. The first-order valence-electron chi connectivity index (χ1n) is 4.42. The molecule has 0 aliphatic rings. The number of hydrogen-bond acceptors (Lipinski definition) is 2. The van der Waals surface area contributed by atoms with Crippen LogP contribution in [0, 0.1) is 0 Å². The van der Waals surface area contributed by atoms with Gasteiger partial charge in [-0.2, -0.15) is 0 Å². The predicted octanol–water partition coefficient (Wildman–Crippen LogP) is 1.53. The van der Waals surface area contributed by atoms with Gasteiger partial charge in [0.05, 0.1) is 0 Å². The quantitative estimate of drug-likeness (QED) is 0.615. The first-order chi connectivity index (χ1) is 5.13. The smallest absolute Gasteiger partial charge is 0.00126 e. The van der Waals surface area contributed by atoms with Crippen LogP contribution in [-0.4, -0.2) is 51.1 Å². The van der Waals surface area contributed by atoms with Crippen molar-refractivity contribution in [2.75, 3.05) is 41.3 Å². The molecule has 0 aromatic heterocycles. The third kappa shape index (κ3) is 17.8. The van der Waals surface area contributed by atoms with E-state index < -0.39 is 0 Å². The van der Waals surface area contributed by atoms with Gasteiger partial charge in [0, 0.05) is 0 Å². The van der Waals surface area contributed by atoms with E-state index in [-0.39, 0.29) is 0 Å². The van der Waals surface area contributed by atoms with Gasteiger partial charge in [-0.15, -0.1) is 0 Å². The normalized spacial score (nSPS) is 9.82. The summed E-state index contributed by atoms with van der Waals surface area (Å²) in [5.41, 5.74) is 0. The minimum atomic E-state index is 1.19. The Morgan fingerprint density at radius 1 is 0.727 bits per heavy atom. The molecular formula is C9H24N2. The number of nitrogens with zero attached hydrogens (tertiary/aromatic N) is 2. The first-order valence-corrected chi connectivity index (χ1v) is 4.42. The zero-order valence-electron chi connectivity index (χ0n) is 9.02. The van der Waals surface area contributed by atoms with Gasteiger partial charge >= 0.3 is 0 Å². The molecule has 0 radical (unpaired) electrons. The Kier molecular flexibility index (Phi) is 12.2. The average Bonchev–Trinajstić information content (AvgIpc) is 1.90. The third-order valence-electron chi connectivity index (χ3n) is 1.21. The molecule has 0 aromatic rings. The topological polar surface area (TPSA) is 6.48 Å². The molecule has 0 heterocycles. The summed E-state index contributed by atoms with van der Waals surface area (Å²) in [5.74, 6) is 0. The van der Waals surface area contributed by atoms with Gasteiger partial charge in [-0.1, -0.05) is 13.8 Å². The van der Waals surface area contributed by atoms with E-state index in [0.717, 1.165) is 0 Å². The van der Waals surface area contributed by atoms with Crippen molar-refractivity contribution in [3.05, 3.63) is 0 Å². The molecule has 0 aliphatic heterocycles. The van der Waals surface area contributed by atoms with Crippen molar-refractivity contribution in [1.29, 1.82) is 0 Å². The minimum Gasteiger partial charge on any atom is -0.309 e. The molecule has 2 heteroatoms. The molecule has 0 bridgehead atoms. The van der Waals surface area contributed by atoms with Crippen LogP contribution in [0.2, 0.25) is 0 Å². The second-order valence-corrected chi connectivity index (χ2v) is 2.96. The molecule has 0 aliphatic carbocycles. The Morgan fingerprint density at radius 3 is 1.18 bits per heavy atom. The summed E-state index contributed by atoms with van der Waals surface area (Å²) < 4.78 is 0. The van der Waals surface area contributed by atoms with Gasteiger partial charge < -0.3 is 9.80 Å². The fourth-order valence-electron chi connectivity index (χ4n) is 0.703. The summed E-state index contributed by atoms with van der Waals surface area (Å²) in [4.78, 5) is 4.42. The first kappa shape index (κ1) is 13.5. The lowest BCUT2D eigenvalue weighted by atomic mass is 10.4. The summed E-state index contributed by atoms with van der Waals surface area (Å²) in [6.07, 6.45) is 1.26. The highest BCUT2D eigenvalue weighted by atomic mass is 15.1. The molecule has 70 valence electrons. The third-order valence-corrected chi connectivity index (χ3v) is 1.21. The summed E-state index contributed by atoms with van der Waals surface area (Å²) >= 11 is 0. The molecule has 2 nitrogen and oxygen atoms in total. The van der Waals surface area contributed by atoms with E-state index >= 15 is 0 Å². The lowest BCUT2D eigenvalue weighted by Gasteiger charge is -2.12. The van der Waals surface area contributed by atoms with Crippen molar-refractivity contribution in [3.63, 3.8) is 0 Å². The van der Waals surface area contributed by atoms with Crippen LogP contribution in [-0.2, 0) is 0 Å². The van der Waals surface area contributed by atoms with Gasteiger partial charge in [0.1, 0.15) is 0 Å². The molecule has 0 aromatic carbocycles. The van der Waals surface area contributed by atoms with Gasteiger partial charge in [-0.3, -0.25) is 0 Å². The van der Waals surface area contributed by atoms with Crippen molar-refractivity contribution in [3.8, 4) is 0 Å². The summed E-state index contributed by atoms with van der Waals surface area (Å²) in [5, 5.41) is 0. The molecule has 0 amide bonds. The standard InChI is InChI=1S/C7H18N2.C2H6/c1-8(2)6-5-7-9(3)4;1-2/h5-7H2,1-4H3;1-2H3. The average molecular weight is 160 g/mol. The second-order valence-electron chi connectivity index (χ2n) is 2.96. The molecule has 0 saturated heterocycles. The van der Waals surface area contributed by atoms with Crippen molar-refractivity contribution in [2.24, 2.45) is 0 Å². The van der Waals surface area contributed by atoms with Crippen molar-refractivity contribution >= 4 is 0 Å². The molecule has 0 rings (SSSR count). The van der Waals surface area contributed by atoms with E-state index in [1.165, 1.54) is 19.5 Å². The van der Waals surface area contributed by atoms with Crippen LogP contribution in [0.15, 0.2) is 0 Å². The Labute approximate surface area is 72.2 Å². The van der Waals surface area contributed by atoms with Crippen LogP contribution in [0.4, 0.5) is 0 Å². The van der Waals surface area contributed by atoms with E-state index in [1.807, 2.05) is 13.8 Å². The van der Waals surface area contributed by atoms with Crippen LogP contribution in [0.1, 0.15) is 20.3 Å². The summed E-state index contributed by atoms with van der Waals surface area (Å²) in [6, 6.07) is 0. The van der Waals surface area contributed by atoms with E-state index in [0.29, 0.717) is 0 Å². The SMILES string of the molecule is CC.CN(C)CCCN(C)C. The van der Waals surface area contributed by atoms with Crippen molar-refractivity contribution in [2.45, 2.75) is 20.3 Å². The minimum absolute atomic E-state index is 1.19. The van der Waals surface area contributed by atoms with E-state index in [2.05, 4.69) is 38.0 Å². The van der Waals surface area contributed by atoms with Crippen molar-refractivity contribution < 1.29 is 0 Å². The predicted molar refractivity (Wildman–Crippen MR) is 53.1 cm³/mol. The van der Waals surface area contributed by atoms with Crippen LogP contribution < -0.4 is 0 Å². The molecule has 0 fully saturated rings. The molecule has 11 heavy (non-hydrogen) atoms. The lowest BCUT2D eigenvalue weighted by Crippen LogP contribution is -2.20. The Morgan fingerprint density at radius 2 is 1.00 bits per heavy atom. The maximum absolute atomic E-state index is 2.21. The van der Waals surface area contributed by atoms with Crippen LogP contribution >= 0.6 is 0 Å². The highest BCUT2D eigenvalue weighted by molar-refractivity contribution is 4.47. The van der Waals surface area contributed by atoms with Gasteiger partial charge in [-0.05, 0) is 47.7 Å². The van der Waals surface area contributed by atoms with Gasteiger partial charge in [0.2, 0.25) is 0 Å². The fourth-order valence-corrected chi connectivity index (χ4v) is 0.703.